The minimum atomic E-state index is -3.60. The Morgan fingerprint density at radius 2 is 2.11 bits per heavy atom. The molecule has 0 unspecified atom stereocenters. The lowest BCUT2D eigenvalue weighted by Crippen LogP contribution is -2.42. The molecular formula is C12H21N3O3S. The van der Waals surface area contributed by atoms with Crippen LogP contribution in [-0.4, -0.2) is 47.0 Å². The second-order valence-electron chi connectivity index (χ2n) is 5.24. The molecule has 2 N–H and O–H groups in total. The Bertz CT molecular complexity index is 532. The molecular weight excluding hydrogens is 266 g/mol. The van der Waals surface area contributed by atoms with Crippen molar-refractivity contribution in [3.8, 4) is 0 Å². The number of H-pyrrole nitrogens is 1. The quantitative estimate of drug-likeness (QED) is 0.842. The molecule has 1 aliphatic carbocycles. The van der Waals surface area contributed by atoms with E-state index in [1.807, 2.05) is 6.92 Å². The van der Waals surface area contributed by atoms with Gasteiger partial charge in [0.1, 0.15) is 5.82 Å². The van der Waals surface area contributed by atoms with Crippen molar-refractivity contribution < 1.29 is 13.5 Å². The lowest BCUT2D eigenvalue weighted by Gasteiger charge is -2.27. The number of rotatable bonds is 5. The maximum absolute atomic E-state index is 12.3. The van der Waals surface area contributed by atoms with Gasteiger partial charge in [-0.15, -0.1) is 0 Å². The van der Waals surface area contributed by atoms with Crippen LogP contribution in [0.25, 0.3) is 0 Å². The average Bonchev–Trinajstić information content (AvgIpc) is 2.97. The number of aryl methyl sites for hydroxylation is 1. The van der Waals surface area contributed by atoms with Crippen LogP contribution in [0, 0.1) is 0 Å². The van der Waals surface area contributed by atoms with E-state index in [9.17, 15) is 13.5 Å². The van der Waals surface area contributed by atoms with E-state index in [1.165, 1.54) is 17.5 Å². The van der Waals surface area contributed by atoms with Gasteiger partial charge in [0.25, 0.3) is 10.0 Å². The summed E-state index contributed by atoms with van der Waals surface area (Å²) >= 11 is 0. The molecule has 1 aromatic rings. The van der Waals surface area contributed by atoms with Crippen molar-refractivity contribution in [1.82, 2.24) is 14.3 Å². The summed E-state index contributed by atoms with van der Waals surface area (Å²) in [4.78, 5) is 6.81. The maximum atomic E-state index is 12.3. The Balaban J connectivity index is 2.14. The topological polar surface area (TPSA) is 86.3 Å². The molecule has 1 saturated carbocycles. The minimum absolute atomic E-state index is 0.0912. The van der Waals surface area contributed by atoms with Gasteiger partial charge in [0.05, 0.1) is 11.8 Å². The molecule has 1 aliphatic rings. The smallest absolute Gasteiger partial charge is 0.259 e. The molecule has 19 heavy (non-hydrogen) atoms. The summed E-state index contributed by atoms with van der Waals surface area (Å²) in [6.45, 7) is 2.04. The molecule has 108 valence electrons. The molecule has 0 spiro atoms. The SMILES string of the molecule is CCc1ncc(S(=O)(=O)N(C)CC2(O)CCCC2)[nH]1. The summed E-state index contributed by atoms with van der Waals surface area (Å²) in [6.07, 6.45) is 5.22. The summed E-state index contributed by atoms with van der Waals surface area (Å²) in [5.41, 5.74) is -0.880. The van der Waals surface area contributed by atoms with Crippen molar-refractivity contribution in [2.24, 2.45) is 0 Å². The second-order valence-corrected chi connectivity index (χ2v) is 7.25. The normalized spacial score (nSPS) is 19.2. The molecule has 6 nitrogen and oxygen atoms in total. The van der Waals surface area contributed by atoms with Gasteiger partial charge in [-0.1, -0.05) is 19.8 Å². The van der Waals surface area contributed by atoms with Gasteiger partial charge in [-0.3, -0.25) is 0 Å². The first-order valence-electron chi connectivity index (χ1n) is 6.60. The van der Waals surface area contributed by atoms with Crippen molar-refractivity contribution in [3.63, 3.8) is 0 Å². The number of aromatic nitrogens is 2. The molecule has 0 bridgehead atoms. The lowest BCUT2D eigenvalue weighted by atomic mass is 10.0. The number of aromatic amines is 1. The highest BCUT2D eigenvalue weighted by atomic mass is 32.2. The van der Waals surface area contributed by atoms with Crippen LogP contribution in [-0.2, 0) is 16.4 Å². The molecule has 7 heteroatoms. The Labute approximate surface area is 113 Å². The number of hydrogen-bond donors (Lipinski definition) is 2. The molecule has 0 atom stereocenters. The van der Waals surface area contributed by atoms with E-state index < -0.39 is 15.6 Å². The molecule has 0 aliphatic heterocycles. The first-order chi connectivity index (χ1) is 8.87. The molecule has 1 heterocycles. The van der Waals surface area contributed by atoms with Gasteiger partial charge in [0.15, 0.2) is 5.03 Å². The van der Waals surface area contributed by atoms with Crippen molar-refractivity contribution in [2.45, 2.75) is 49.7 Å². The van der Waals surface area contributed by atoms with E-state index in [0.717, 1.165) is 12.8 Å². The van der Waals surface area contributed by atoms with Gasteiger partial charge in [0.2, 0.25) is 0 Å². The molecule has 0 amide bonds. The maximum Gasteiger partial charge on any atom is 0.259 e. The van der Waals surface area contributed by atoms with E-state index in [4.69, 9.17) is 0 Å². The Morgan fingerprint density at radius 1 is 1.47 bits per heavy atom. The van der Waals surface area contributed by atoms with Crippen molar-refractivity contribution in [1.29, 1.82) is 0 Å². The minimum Gasteiger partial charge on any atom is -0.389 e. The average molecular weight is 287 g/mol. The van der Waals surface area contributed by atoms with E-state index in [0.29, 0.717) is 25.1 Å². The number of imidazole rings is 1. The van der Waals surface area contributed by atoms with Crippen LogP contribution in [0.5, 0.6) is 0 Å². The fraction of sp³-hybridized carbons (Fsp3) is 0.750. The van der Waals surface area contributed by atoms with Gasteiger partial charge in [-0.05, 0) is 12.8 Å². The molecule has 1 fully saturated rings. The number of hydrogen-bond acceptors (Lipinski definition) is 4. The molecule has 1 aromatic heterocycles. The summed E-state index contributed by atoms with van der Waals surface area (Å²) in [5, 5.41) is 10.4. The Hall–Kier alpha value is -0.920. The highest BCUT2D eigenvalue weighted by molar-refractivity contribution is 7.89. The number of sulfonamides is 1. The van der Waals surface area contributed by atoms with Crippen LogP contribution >= 0.6 is 0 Å². The number of likely N-dealkylation sites (N-methyl/N-ethyl adjacent to an activating group) is 1. The van der Waals surface area contributed by atoms with Gasteiger partial charge in [0, 0.05) is 20.0 Å². The summed E-state index contributed by atoms with van der Waals surface area (Å²) in [6, 6.07) is 0. The Kier molecular flexibility index (Phi) is 3.98. The predicted molar refractivity (Wildman–Crippen MR) is 71.2 cm³/mol. The number of nitrogens with one attached hydrogen (secondary N) is 1. The van der Waals surface area contributed by atoms with Crippen LogP contribution in [0.15, 0.2) is 11.2 Å². The molecule has 0 radical (unpaired) electrons. The zero-order valence-electron chi connectivity index (χ0n) is 11.4. The third-order valence-corrected chi connectivity index (χ3v) is 5.39. The van der Waals surface area contributed by atoms with Gasteiger partial charge in [-0.25, -0.2) is 13.4 Å². The van der Waals surface area contributed by atoms with E-state index in [-0.39, 0.29) is 11.6 Å². The van der Waals surface area contributed by atoms with E-state index in [2.05, 4.69) is 9.97 Å². The van der Waals surface area contributed by atoms with Crippen LogP contribution < -0.4 is 0 Å². The highest BCUT2D eigenvalue weighted by Gasteiger charge is 2.36. The van der Waals surface area contributed by atoms with Gasteiger partial charge in [-0.2, -0.15) is 4.31 Å². The van der Waals surface area contributed by atoms with E-state index >= 15 is 0 Å². The summed E-state index contributed by atoms with van der Waals surface area (Å²) < 4.78 is 25.9. The molecule has 0 saturated heterocycles. The van der Waals surface area contributed by atoms with Crippen LogP contribution in [0.1, 0.15) is 38.4 Å². The summed E-state index contributed by atoms with van der Waals surface area (Å²) in [7, 11) is -2.10. The Morgan fingerprint density at radius 3 is 2.63 bits per heavy atom. The van der Waals surface area contributed by atoms with Crippen molar-refractivity contribution in [2.75, 3.05) is 13.6 Å². The largest absolute Gasteiger partial charge is 0.389 e. The fourth-order valence-corrected chi connectivity index (χ4v) is 3.69. The lowest BCUT2D eigenvalue weighted by molar-refractivity contribution is 0.0333. The number of nitrogens with zero attached hydrogens (tertiary/aromatic N) is 2. The van der Waals surface area contributed by atoms with E-state index in [1.54, 1.807) is 0 Å². The van der Waals surface area contributed by atoms with Crippen LogP contribution in [0.4, 0.5) is 0 Å². The van der Waals surface area contributed by atoms with Gasteiger partial charge >= 0.3 is 0 Å². The molecule has 2 rings (SSSR count). The van der Waals surface area contributed by atoms with Crippen LogP contribution in [0.3, 0.4) is 0 Å². The zero-order valence-corrected chi connectivity index (χ0v) is 12.2. The van der Waals surface area contributed by atoms with Crippen LogP contribution in [0.2, 0.25) is 0 Å². The first kappa shape index (κ1) is 14.5. The third-order valence-electron chi connectivity index (χ3n) is 3.68. The summed E-state index contributed by atoms with van der Waals surface area (Å²) in [5.74, 6) is 0.645. The predicted octanol–water partition coefficient (Wildman–Crippen LogP) is 0.898. The standard InChI is InChI=1S/C12H21N3O3S/c1-3-10-13-8-11(14-10)19(17,18)15(2)9-12(16)6-4-5-7-12/h8,16H,3-7,9H2,1-2H3,(H,13,14). The number of aliphatic hydroxyl groups is 1. The third kappa shape index (κ3) is 2.98. The monoisotopic (exact) mass is 287 g/mol. The second kappa shape index (κ2) is 5.22. The van der Waals surface area contributed by atoms with Gasteiger partial charge < -0.3 is 10.1 Å². The highest BCUT2D eigenvalue weighted by Crippen LogP contribution is 2.31. The van der Waals surface area contributed by atoms with Crippen molar-refractivity contribution in [3.05, 3.63) is 12.0 Å². The zero-order chi connectivity index (χ0) is 14.1. The first-order valence-corrected chi connectivity index (χ1v) is 8.04. The molecule has 0 aromatic carbocycles. The fourth-order valence-electron chi connectivity index (χ4n) is 2.51. The van der Waals surface area contributed by atoms with Crippen molar-refractivity contribution >= 4 is 10.0 Å².